The molecule has 0 fully saturated rings. The molecule has 1 aliphatic heterocycles. The molecule has 1 aliphatic carbocycles. The molecule has 126 valence electrons. The minimum Gasteiger partial charge on any atom is -0.490 e. The topological polar surface area (TPSA) is 50.7 Å². The third-order valence-electron chi connectivity index (χ3n) is 4.91. The fourth-order valence-corrected chi connectivity index (χ4v) is 3.65. The van der Waals surface area contributed by atoms with Crippen molar-refractivity contribution < 1.29 is 14.6 Å². The minimum atomic E-state index is -0.778. The lowest BCUT2D eigenvalue weighted by Crippen LogP contribution is -2.36. The smallest absolute Gasteiger partial charge is 0.165 e. The summed E-state index contributed by atoms with van der Waals surface area (Å²) in [6.07, 6.45) is 2.61. The molecule has 1 unspecified atom stereocenters. The van der Waals surface area contributed by atoms with Crippen molar-refractivity contribution in [1.82, 2.24) is 5.32 Å². The van der Waals surface area contributed by atoms with Gasteiger partial charge in [-0.2, -0.15) is 0 Å². The number of para-hydroxylation sites is 1. The molecule has 0 saturated heterocycles. The van der Waals surface area contributed by atoms with Gasteiger partial charge in [0.15, 0.2) is 11.5 Å². The Hall–Kier alpha value is -2.04. The predicted octanol–water partition coefficient (Wildman–Crippen LogP) is 2.77. The van der Waals surface area contributed by atoms with Gasteiger partial charge in [0.1, 0.15) is 5.60 Å². The highest BCUT2D eigenvalue weighted by Crippen LogP contribution is 2.37. The number of aliphatic hydroxyl groups is 1. The van der Waals surface area contributed by atoms with Gasteiger partial charge in [-0.05, 0) is 30.0 Å². The first-order chi connectivity index (χ1) is 11.8. The summed E-state index contributed by atoms with van der Waals surface area (Å²) in [6.45, 7) is 2.56. The van der Waals surface area contributed by atoms with E-state index in [1.165, 1.54) is 5.56 Å². The van der Waals surface area contributed by atoms with Gasteiger partial charge in [-0.1, -0.05) is 36.4 Å². The van der Waals surface area contributed by atoms with Crippen LogP contribution in [-0.4, -0.2) is 24.9 Å². The molecule has 0 saturated carbocycles. The first-order valence-corrected chi connectivity index (χ1v) is 8.65. The van der Waals surface area contributed by atoms with Crippen LogP contribution in [0.2, 0.25) is 0 Å². The summed E-state index contributed by atoms with van der Waals surface area (Å²) >= 11 is 0. The second kappa shape index (κ2) is 6.46. The second-order valence-electron chi connectivity index (χ2n) is 6.59. The van der Waals surface area contributed by atoms with Crippen LogP contribution in [0, 0.1) is 0 Å². The van der Waals surface area contributed by atoms with Gasteiger partial charge in [-0.3, -0.25) is 0 Å². The van der Waals surface area contributed by atoms with Gasteiger partial charge < -0.3 is 19.9 Å². The minimum absolute atomic E-state index is 0.536. The van der Waals surface area contributed by atoms with Crippen LogP contribution < -0.4 is 14.8 Å². The molecule has 0 amide bonds. The average Bonchev–Trinajstić information content (AvgIpc) is 2.79. The molecule has 4 rings (SSSR count). The molecule has 0 bridgehead atoms. The van der Waals surface area contributed by atoms with Crippen molar-refractivity contribution in [2.24, 2.45) is 0 Å². The zero-order chi connectivity index (χ0) is 16.4. The summed E-state index contributed by atoms with van der Waals surface area (Å²) in [6, 6.07) is 14.2. The Balaban J connectivity index is 1.45. The second-order valence-corrected chi connectivity index (χ2v) is 6.59. The maximum Gasteiger partial charge on any atom is 0.165 e. The van der Waals surface area contributed by atoms with Crippen LogP contribution in [0.4, 0.5) is 0 Å². The molecule has 1 heterocycles. The third kappa shape index (κ3) is 2.87. The predicted molar refractivity (Wildman–Crippen MR) is 92.4 cm³/mol. The number of fused-ring (bicyclic) bond motifs is 2. The van der Waals surface area contributed by atoms with E-state index < -0.39 is 5.60 Å². The summed E-state index contributed by atoms with van der Waals surface area (Å²) in [5, 5.41) is 14.4. The summed E-state index contributed by atoms with van der Waals surface area (Å²) in [4.78, 5) is 0. The molecule has 0 aromatic heterocycles. The first-order valence-electron chi connectivity index (χ1n) is 8.65. The molecule has 2 aliphatic rings. The standard InChI is InChI=1S/C20H23NO3/c22-20(10-9-15-5-1-2-7-17(15)20)14-21-13-16-6-3-8-18-19(16)24-12-4-11-23-18/h1-3,5-8,21-22H,4,9-14H2. The molecule has 1 atom stereocenters. The number of benzene rings is 2. The van der Waals surface area contributed by atoms with E-state index in [1.54, 1.807) is 0 Å². The van der Waals surface area contributed by atoms with Crippen LogP contribution in [0.5, 0.6) is 11.5 Å². The van der Waals surface area contributed by atoms with E-state index in [0.29, 0.717) is 26.3 Å². The van der Waals surface area contributed by atoms with E-state index >= 15 is 0 Å². The van der Waals surface area contributed by atoms with Crippen molar-refractivity contribution in [3.8, 4) is 11.5 Å². The fraction of sp³-hybridized carbons (Fsp3) is 0.400. The van der Waals surface area contributed by atoms with Crippen LogP contribution in [0.1, 0.15) is 29.5 Å². The molecular weight excluding hydrogens is 302 g/mol. The Bertz CT molecular complexity index is 731. The van der Waals surface area contributed by atoms with Crippen molar-refractivity contribution in [2.45, 2.75) is 31.4 Å². The molecule has 4 heteroatoms. The third-order valence-corrected chi connectivity index (χ3v) is 4.91. The van der Waals surface area contributed by atoms with Gasteiger partial charge in [0, 0.05) is 25.1 Å². The lowest BCUT2D eigenvalue weighted by molar-refractivity contribution is 0.0384. The summed E-state index contributed by atoms with van der Waals surface area (Å²) < 4.78 is 11.6. The zero-order valence-electron chi connectivity index (χ0n) is 13.8. The number of aryl methyl sites for hydroxylation is 1. The molecule has 2 aromatic carbocycles. The Kier molecular flexibility index (Phi) is 4.17. The molecule has 4 nitrogen and oxygen atoms in total. The lowest BCUT2D eigenvalue weighted by atomic mass is 9.96. The molecule has 0 spiro atoms. The molecule has 2 N–H and O–H groups in total. The summed E-state index contributed by atoms with van der Waals surface area (Å²) in [7, 11) is 0. The van der Waals surface area contributed by atoms with Gasteiger partial charge >= 0.3 is 0 Å². The molecule has 2 aromatic rings. The van der Waals surface area contributed by atoms with Crippen LogP contribution in [-0.2, 0) is 18.6 Å². The quantitative estimate of drug-likeness (QED) is 0.907. The van der Waals surface area contributed by atoms with Gasteiger partial charge in [0.05, 0.1) is 13.2 Å². The van der Waals surface area contributed by atoms with Gasteiger partial charge in [-0.25, -0.2) is 0 Å². The maximum absolute atomic E-state index is 11.0. The van der Waals surface area contributed by atoms with Crippen molar-refractivity contribution in [1.29, 1.82) is 0 Å². The lowest BCUT2D eigenvalue weighted by Gasteiger charge is -2.25. The van der Waals surface area contributed by atoms with Gasteiger partial charge in [0.25, 0.3) is 0 Å². The first kappa shape index (κ1) is 15.5. The van der Waals surface area contributed by atoms with Crippen molar-refractivity contribution in [2.75, 3.05) is 19.8 Å². The summed E-state index contributed by atoms with van der Waals surface area (Å²) in [5.74, 6) is 1.65. The number of hydrogen-bond donors (Lipinski definition) is 2. The molecule has 0 radical (unpaired) electrons. The number of nitrogens with one attached hydrogen (secondary N) is 1. The largest absolute Gasteiger partial charge is 0.490 e. The Morgan fingerprint density at radius 3 is 2.88 bits per heavy atom. The van der Waals surface area contributed by atoms with E-state index in [1.807, 2.05) is 36.4 Å². The summed E-state index contributed by atoms with van der Waals surface area (Å²) in [5.41, 5.74) is 2.61. The van der Waals surface area contributed by atoms with Crippen LogP contribution >= 0.6 is 0 Å². The van der Waals surface area contributed by atoms with E-state index in [-0.39, 0.29) is 0 Å². The van der Waals surface area contributed by atoms with E-state index in [4.69, 9.17) is 9.47 Å². The highest BCUT2D eigenvalue weighted by atomic mass is 16.5. The Morgan fingerprint density at radius 2 is 1.92 bits per heavy atom. The van der Waals surface area contributed by atoms with Gasteiger partial charge in [0.2, 0.25) is 0 Å². The van der Waals surface area contributed by atoms with Gasteiger partial charge in [-0.15, -0.1) is 0 Å². The van der Waals surface area contributed by atoms with Crippen LogP contribution in [0.3, 0.4) is 0 Å². The Morgan fingerprint density at radius 1 is 1.04 bits per heavy atom. The fourth-order valence-electron chi connectivity index (χ4n) is 3.65. The Labute approximate surface area is 142 Å². The highest BCUT2D eigenvalue weighted by Gasteiger charge is 2.35. The van der Waals surface area contributed by atoms with Crippen LogP contribution in [0.25, 0.3) is 0 Å². The monoisotopic (exact) mass is 325 g/mol. The highest BCUT2D eigenvalue weighted by molar-refractivity contribution is 5.47. The van der Waals surface area contributed by atoms with E-state index in [2.05, 4.69) is 11.4 Å². The van der Waals surface area contributed by atoms with Crippen molar-refractivity contribution >= 4 is 0 Å². The number of hydrogen-bond acceptors (Lipinski definition) is 4. The van der Waals surface area contributed by atoms with E-state index in [0.717, 1.165) is 41.9 Å². The van der Waals surface area contributed by atoms with Crippen molar-refractivity contribution in [3.63, 3.8) is 0 Å². The normalized spacial score (nSPS) is 22.0. The maximum atomic E-state index is 11.0. The average molecular weight is 325 g/mol. The van der Waals surface area contributed by atoms with Crippen LogP contribution in [0.15, 0.2) is 42.5 Å². The zero-order valence-corrected chi connectivity index (χ0v) is 13.8. The number of ether oxygens (including phenoxy) is 2. The van der Waals surface area contributed by atoms with Crippen molar-refractivity contribution in [3.05, 3.63) is 59.2 Å². The number of rotatable bonds is 4. The SMILES string of the molecule is OC1(CNCc2cccc3c2OCCCO3)CCc2ccccc21. The molecular formula is C20H23NO3. The molecule has 24 heavy (non-hydrogen) atoms. The van der Waals surface area contributed by atoms with E-state index in [9.17, 15) is 5.11 Å².